The molecule has 0 N–H and O–H groups in total. The van der Waals surface area contributed by atoms with E-state index in [0.29, 0.717) is 19.3 Å². The van der Waals surface area contributed by atoms with E-state index >= 15 is 0 Å². The lowest BCUT2D eigenvalue weighted by molar-refractivity contribution is -0.134. The minimum absolute atomic E-state index is 0.276. The molecule has 0 radical (unpaired) electrons. The van der Waals surface area contributed by atoms with Gasteiger partial charge in [0.1, 0.15) is 5.78 Å². The quantitative estimate of drug-likeness (QED) is 0.353. The summed E-state index contributed by atoms with van der Waals surface area (Å²) in [7, 11) is 1.34. The fraction of sp³-hybridized carbons (Fsp3) is 0.667. The zero-order chi connectivity index (χ0) is 11.5. The second-order valence-corrected chi connectivity index (χ2v) is 3.46. The van der Waals surface area contributed by atoms with Crippen LogP contribution in [0.4, 0.5) is 0 Å². The van der Waals surface area contributed by atoms with Crippen molar-refractivity contribution in [2.75, 3.05) is 7.11 Å². The van der Waals surface area contributed by atoms with Crippen molar-refractivity contribution in [3.63, 3.8) is 0 Å². The molecule has 0 rings (SSSR count). The fourth-order valence-corrected chi connectivity index (χ4v) is 1.19. The minimum atomic E-state index is -0.367. The number of carbonyl (C=O) groups is 2. The maximum absolute atomic E-state index is 11.3. The largest absolute Gasteiger partial charge is 0.466 e. The number of esters is 1. The van der Waals surface area contributed by atoms with Gasteiger partial charge in [-0.15, -0.1) is 0 Å². The van der Waals surface area contributed by atoms with Crippen molar-refractivity contribution >= 4 is 11.8 Å². The van der Waals surface area contributed by atoms with Crippen LogP contribution < -0.4 is 0 Å². The number of methoxy groups -OCH3 is 1. The molecule has 0 aliphatic heterocycles. The maximum Gasteiger partial charge on any atom is 0.330 e. The summed E-state index contributed by atoms with van der Waals surface area (Å²) >= 11 is 0. The summed E-state index contributed by atoms with van der Waals surface area (Å²) in [5.41, 5.74) is 0. The predicted molar refractivity (Wildman–Crippen MR) is 59.5 cm³/mol. The van der Waals surface area contributed by atoms with Crippen molar-refractivity contribution in [1.29, 1.82) is 0 Å². The zero-order valence-corrected chi connectivity index (χ0v) is 9.62. The molecule has 0 atom stereocenters. The summed E-state index contributed by atoms with van der Waals surface area (Å²) < 4.78 is 4.43. The Balaban J connectivity index is 3.46. The lowest BCUT2D eigenvalue weighted by Crippen LogP contribution is -1.97. The highest BCUT2D eigenvalue weighted by Gasteiger charge is 1.99. The van der Waals surface area contributed by atoms with Crippen LogP contribution in [0, 0.1) is 0 Å². The molecule has 3 nitrogen and oxygen atoms in total. The van der Waals surface area contributed by atoms with E-state index in [4.69, 9.17) is 0 Å². The fourth-order valence-electron chi connectivity index (χ4n) is 1.19. The molecule has 0 aliphatic rings. The van der Waals surface area contributed by atoms with Crippen LogP contribution in [0.25, 0.3) is 0 Å². The Morgan fingerprint density at radius 3 is 2.53 bits per heavy atom. The van der Waals surface area contributed by atoms with Gasteiger partial charge < -0.3 is 4.74 Å². The lowest BCUT2D eigenvalue weighted by Gasteiger charge is -1.97. The average molecular weight is 212 g/mol. The van der Waals surface area contributed by atoms with E-state index in [-0.39, 0.29) is 11.8 Å². The third-order valence-electron chi connectivity index (χ3n) is 2.10. The van der Waals surface area contributed by atoms with Gasteiger partial charge in [-0.25, -0.2) is 4.79 Å². The SMILES string of the molecule is CCCCCC(=O)CC/C=C/C(=O)OC. The highest BCUT2D eigenvalue weighted by Crippen LogP contribution is 2.04. The van der Waals surface area contributed by atoms with Crippen molar-refractivity contribution in [3.05, 3.63) is 12.2 Å². The Morgan fingerprint density at radius 2 is 1.93 bits per heavy atom. The molecule has 0 aromatic carbocycles. The van der Waals surface area contributed by atoms with Crippen LogP contribution in [0.3, 0.4) is 0 Å². The summed E-state index contributed by atoms with van der Waals surface area (Å²) in [6.45, 7) is 2.11. The van der Waals surface area contributed by atoms with Gasteiger partial charge in [-0.1, -0.05) is 25.8 Å². The molecule has 0 bridgehead atoms. The summed E-state index contributed by atoms with van der Waals surface area (Å²) in [6.07, 6.45) is 8.09. The van der Waals surface area contributed by atoms with E-state index in [9.17, 15) is 9.59 Å². The predicted octanol–water partition coefficient (Wildman–Crippen LogP) is 2.65. The van der Waals surface area contributed by atoms with Crippen LogP contribution >= 0.6 is 0 Å². The Bertz CT molecular complexity index is 219. The summed E-state index contributed by atoms with van der Waals surface area (Å²) in [4.78, 5) is 22.0. The van der Waals surface area contributed by atoms with Crippen LogP contribution in [-0.4, -0.2) is 18.9 Å². The van der Waals surface area contributed by atoms with Crippen LogP contribution in [0.1, 0.15) is 45.4 Å². The van der Waals surface area contributed by atoms with Crippen LogP contribution in [0.5, 0.6) is 0 Å². The second-order valence-electron chi connectivity index (χ2n) is 3.46. The van der Waals surface area contributed by atoms with Gasteiger partial charge in [0.15, 0.2) is 0 Å². The van der Waals surface area contributed by atoms with E-state index in [1.165, 1.54) is 13.2 Å². The average Bonchev–Trinajstić information content (AvgIpc) is 2.24. The lowest BCUT2D eigenvalue weighted by atomic mass is 10.1. The van der Waals surface area contributed by atoms with E-state index in [0.717, 1.165) is 19.3 Å². The van der Waals surface area contributed by atoms with Gasteiger partial charge >= 0.3 is 5.97 Å². The van der Waals surface area contributed by atoms with Gasteiger partial charge in [-0.3, -0.25) is 4.79 Å². The molecule has 3 heteroatoms. The van der Waals surface area contributed by atoms with Gasteiger partial charge in [0.25, 0.3) is 0 Å². The second kappa shape index (κ2) is 9.44. The molecule has 0 aliphatic carbocycles. The third kappa shape index (κ3) is 9.19. The van der Waals surface area contributed by atoms with E-state index in [1.807, 2.05) is 0 Å². The summed E-state index contributed by atoms with van der Waals surface area (Å²) in [6, 6.07) is 0. The zero-order valence-electron chi connectivity index (χ0n) is 9.62. The molecule has 0 heterocycles. The number of unbranched alkanes of at least 4 members (excludes halogenated alkanes) is 2. The monoisotopic (exact) mass is 212 g/mol. The van der Waals surface area contributed by atoms with Gasteiger partial charge in [-0.05, 0) is 12.8 Å². The molecule has 15 heavy (non-hydrogen) atoms. The molecular weight excluding hydrogens is 192 g/mol. The molecule has 86 valence electrons. The molecule has 0 amide bonds. The number of allylic oxidation sites excluding steroid dienone is 1. The molecule has 0 saturated heterocycles. The van der Waals surface area contributed by atoms with Crippen molar-refractivity contribution in [2.24, 2.45) is 0 Å². The number of hydrogen-bond acceptors (Lipinski definition) is 3. The standard InChI is InChI=1S/C12H20O3/c1-3-4-5-8-11(13)9-6-7-10-12(14)15-2/h7,10H,3-6,8-9H2,1-2H3/b10-7+. The first kappa shape index (κ1) is 13.9. The number of rotatable bonds is 8. The molecule has 0 aromatic heterocycles. The molecule has 0 spiro atoms. The van der Waals surface area contributed by atoms with Crippen molar-refractivity contribution in [2.45, 2.75) is 45.4 Å². The van der Waals surface area contributed by atoms with Crippen molar-refractivity contribution in [1.82, 2.24) is 0 Å². The third-order valence-corrected chi connectivity index (χ3v) is 2.10. The van der Waals surface area contributed by atoms with Crippen LogP contribution in [0.15, 0.2) is 12.2 Å². The molecule has 0 unspecified atom stereocenters. The maximum atomic E-state index is 11.3. The normalized spacial score (nSPS) is 10.5. The van der Waals surface area contributed by atoms with Crippen LogP contribution in [-0.2, 0) is 14.3 Å². The Labute approximate surface area is 91.5 Å². The molecule has 0 fully saturated rings. The smallest absolute Gasteiger partial charge is 0.330 e. The highest BCUT2D eigenvalue weighted by molar-refractivity contribution is 5.82. The summed E-state index contributed by atoms with van der Waals surface area (Å²) in [5.74, 6) is -0.0913. The first-order valence-corrected chi connectivity index (χ1v) is 5.47. The molecule has 0 saturated carbocycles. The number of ether oxygens (including phenoxy) is 1. The topological polar surface area (TPSA) is 43.4 Å². The molecular formula is C12H20O3. The Morgan fingerprint density at radius 1 is 1.20 bits per heavy atom. The number of hydrogen-bond donors (Lipinski definition) is 0. The van der Waals surface area contributed by atoms with Gasteiger partial charge in [0, 0.05) is 18.9 Å². The van der Waals surface area contributed by atoms with Gasteiger partial charge in [0.05, 0.1) is 7.11 Å². The van der Waals surface area contributed by atoms with E-state index in [1.54, 1.807) is 6.08 Å². The first-order chi connectivity index (χ1) is 7.20. The van der Waals surface area contributed by atoms with E-state index < -0.39 is 0 Å². The van der Waals surface area contributed by atoms with Gasteiger partial charge in [-0.2, -0.15) is 0 Å². The number of carbonyl (C=O) groups excluding carboxylic acids is 2. The number of ketones is 1. The Kier molecular flexibility index (Phi) is 8.73. The van der Waals surface area contributed by atoms with Crippen molar-refractivity contribution < 1.29 is 14.3 Å². The van der Waals surface area contributed by atoms with E-state index in [2.05, 4.69) is 11.7 Å². The number of Topliss-reactive ketones (excluding diaryl/α,β-unsaturated/α-hetero) is 1. The van der Waals surface area contributed by atoms with Crippen molar-refractivity contribution in [3.8, 4) is 0 Å². The molecule has 0 aromatic rings. The minimum Gasteiger partial charge on any atom is -0.466 e. The van der Waals surface area contributed by atoms with Gasteiger partial charge in [0.2, 0.25) is 0 Å². The summed E-state index contributed by atoms with van der Waals surface area (Å²) in [5, 5.41) is 0. The first-order valence-electron chi connectivity index (χ1n) is 5.47. The Hall–Kier alpha value is -1.12. The van der Waals surface area contributed by atoms with Crippen LogP contribution in [0.2, 0.25) is 0 Å². The highest BCUT2D eigenvalue weighted by atomic mass is 16.5.